The molecule has 0 spiro atoms. The number of fused-ring (bicyclic) bond motifs is 1. The molecule has 0 radical (unpaired) electrons. The Morgan fingerprint density at radius 2 is 2.15 bits per heavy atom. The largest absolute Gasteiger partial charge is 0.494 e. The van der Waals surface area contributed by atoms with Gasteiger partial charge in [0.25, 0.3) is 0 Å². The maximum Gasteiger partial charge on any atom is 0.248 e. The van der Waals surface area contributed by atoms with Crippen molar-refractivity contribution in [2.24, 2.45) is 5.73 Å². The monoisotopic (exact) mass is 373 g/mol. The normalized spacial score (nSPS) is 16.2. The molecule has 1 atom stereocenters. The zero-order chi connectivity index (χ0) is 18.7. The van der Waals surface area contributed by atoms with Gasteiger partial charge in [-0.1, -0.05) is 36.9 Å². The van der Waals surface area contributed by atoms with E-state index in [0.717, 1.165) is 17.7 Å². The molecule has 2 heterocycles. The predicted molar refractivity (Wildman–Crippen MR) is 102 cm³/mol. The van der Waals surface area contributed by atoms with Crippen LogP contribution in [0.15, 0.2) is 40.7 Å². The number of para-hydroxylation sites is 1. The Balaban J connectivity index is 2.14. The minimum atomic E-state index is -0.491. The lowest BCUT2D eigenvalue weighted by Gasteiger charge is -2.28. The SMILES string of the molecule is CCCSc1nc2n(n1)C(c1ccccc1OCC)C(C(N)=O)=C(C)N2. The third kappa shape index (κ3) is 3.41. The lowest BCUT2D eigenvalue weighted by atomic mass is 9.94. The third-order valence-electron chi connectivity index (χ3n) is 4.05. The first-order valence-corrected chi connectivity index (χ1v) is 9.64. The number of hydrogen-bond acceptors (Lipinski definition) is 6. The van der Waals surface area contributed by atoms with Crippen molar-refractivity contribution < 1.29 is 9.53 Å². The molecular weight excluding hydrogens is 350 g/mol. The summed E-state index contributed by atoms with van der Waals surface area (Å²) in [5.41, 5.74) is 7.69. The van der Waals surface area contributed by atoms with Gasteiger partial charge in [-0.2, -0.15) is 4.98 Å². The number of amides is 1. The van der Waals surface area contributed by atoms with E-state index in [2.05, 4.69) is 22.3 Å². The molecule has 7 nitrogen and oxygen atoms in total. The molecule has 3 N–H and O–H groups in total. The highest BCUT2D eigenvalue weighted by Gasteiger charge is 2.34. The first-order chi connectivity index (χ1) is 12.6. The van der Waals surface area contributed by atoms with Crippen LogP contribution in [0.25, 0.3) is 0 Å². The molecule has 0 fully saturated rings. The molecule has 0 bridgehead atoms. The molecule has 0 aliphatic carbocycles. The summed E-state index contributed by atoms with van der Waals surface area (Å²) in [5.74, 6) is 1.74. The number of ether oxygens (including phenoxy) is 1. The number of nitrogens with one attached hydrogen (secondary N) is 1. The summed E-state index contributed by atoms with van der Waals surface area (Å²) in [4.78, 5) is 16.8. The van der Waals surface area contributed by atoms with Crippen molar-refractivity contribution in [2.75, 3.05) is 17.7 Å². The average Bonchev–Trinajstić information content (AvgIpc) is 3.01. The van der Waals surface area contributed by atoms with Crippen LogP contribution in [0.2, 0.25) is 0 Å². The van der Waals surface area contributed by atoms with Crippen molar-refractivity contribution in [3.8, 4) is 5.75 Å². The number of carbonyl (C=O) groups is 1. The summed E-state index contributed by atoms with van der Waals surface area (Å²) in [6.45, 7) is 6.39. The van der Waals surface area contributed by atoms with Crippen LogP contribution in [0.4, 0.5) is 5.95 Å². The Labute approximate surface area is 157 Å². The fourth-order valence-corrected chi connectivity index (χ4v) is 3.67. The van der Waals surface area contributed by atoms with Crippen LogP contribution in [0, 0.1) is 0 Å². The lowest BCUT2D eigenvalue weighted by molar-refractivity contribution is -0.115. The van der Waals surface area contributed by atoms with Gasteiger partial charge in [-0.3, -0.25) is 4.79 Å². The van der Waals surface area contributed by atoms with Crippen LogP contribution in [-0.2, 0) is 4.79 Å². The minimum Gasteiger partial charge on any atom is -0.494 e. The fourth-order valence-electron chi connectivity index (χ4n) is 2.99. The number of hydrogen-bond donors (Lipinski definition) is 2. The van der Waals surface area contributed by atoms with E-state index >= 15 is 0 Å². The second-order valence-electron chi connectivity index (χ2n) is 5.91. The Hall–Kier alpha value is -2.48. The van der Waals surface area contributed by atoms with Crippen molar-refractivity contribution in [3.63, 3.8) is 0 Å². The molecule has 3 rings (SSSR count). The summed E-state index contributed by atoms with van der Waals surface area (Å²) >= 11 is 1.59. The van der Waals surface area contributed by atoms with E-state index in [1.165, 1.54) is 0 Å². The highest BCUT2D eigenvalue weighted by atomic mass is 32.2. The number of nitrogens with zero attached hydrogens (tertiary/aromatic N) is 3. The lowest BCUT2D eigenvalue weighted by Crippen LogP contribution is -2.32. The number of thioether (sulfide) groups is 1. The van der Waals surface area contributed by atoms with E-state index in [0.29, 0.717) is 34.7 Å². The molecule has 1 aliphatic rings. The maximum atomic E-state index is 12.2. The summed E-state index contributed by atoms with van der Waals surface area (Å²) in [7, 11) is 0. The second kappa shape index (κ2) is 7.82. The summed E-state index contributed by atoms with van der Waals surface area (Å²) in [6.07, 6.45) is 1.03. The standard InChI is InChI=1S/C18H23N5O2S/c1-4-10-26-18-21-17-20-11(3)14(16(19)24)15(23(17)22-18)12-8-6-7-9-13(12)25-5-2/h6-9,15H,4-5,10H2,1-3H3,(H2,19,24)(H,20,21,22). The van der Waals surface area contributed by atoms with Crippen molar-refractivity contribution in [3.05, 3.63) is 41.1 Å². The first kappa shape index (κ1) is 18.3. The molecular formula is C18H23N5O2S. The summed E-state index contributed by atoms with van der Waals surface area (Å²) in [6, 6.07) is 7.16. The van der Waals surface area contributed by atoms with Gasteiger partial charge < -0.3 is 15.8 Å². The van der Waals surface area contributed by atoms with Gasteiger partial charge in [0.05, 0.1) is 12.2 Å². The van der Waals surface area contributed by atoms with Gasteiger partial charge in [0.1, 0.15) is 11.8 Å². The van der Waals surface area contributed by atoms with Crippen LogP contribution in [0.3, 0.4) is 0 Å². The minimum absolute atomic E-state index is 0.460. The molecule has 0 saturated heterocycles. The van der Waals surface area contributed by atoms with E-state index < -0.39 is 11.9 Å². The van der Waals surface area contributed by atoms with Gasteiger partial charge in [0.15, 0.2) is 0 Å². The topological polar surface area (TPSA) is 95.1 Å². The molecule has 1 unspecified atom stereocenters. The zero-order valence-corrected chi connectivity index (χ0v) is 16.0. The van der Waals surface area contributed by atoms with Crippen LogP contribution < -0.4 is 15.8 Å². The maximum absolute atomic E-state index is 12.2. The molecule has 1 amide bonds. The molecule has 2 aromatic rings. The van der Waals surface area contributed by atoms with Gasteiger partial charge >= 0.3 is 0 Å². The Kier molecular flexibility index (Phi) is 5.51. The molecule has 8 heteroatoms. The highest BCUT2D eigenvalue weighted by Crippen LogP contribution is 2.39. The van der Waals surface area contributed by atoms with E-state index in [-0.39, 0.29) is 0 Å². The Morgan fingerprint density at radius 3 is 2.85 bits per heavy atom. The van der Waals surface area contributed by atoms with E-state index in [4.69, 9.17) is 10.5 Å². The van der Waals surface area contributed by atoms with Gasteiger partial charge in [-0.05, 0) is 26.3 Å². The average molecular weight is 373 g/mol. The van der Waals surface area contributed by atoms with Crippen molar-refractivity contribution >= 4 is 23.6 Å². The quantitative estimate of drug-likeness (QED) is 0.725. The van der Waals surface area contributed by atoms with Crippen molar-refractivity contribution in [1.29, 1.82) is 0 Å². The fraction of sp³-hybridized carbons (Fsp3) is 0.389. The molecule has 26 heavy (non-hydrogen) atoms. The molecule has 1 aromatic heterocycles. The number of carbonyl (C=O) groups excluding carboxylic acids is 1. The number of rotatable bonds is 7. The molecule has 1 aromatic carbocycles. The summed E-state index contributed by atoms with van der Waals surface area (Å²) < 4.78 is 7.50. The van der Waals surface area contributed by atoms with Crippen LogP contribution in [0.5, 0.6) is 5.75 Å². The second-order valence-corrected chi connectivity index (χ2v) is 6.97. The van der Waals surface area contributed by atoms with E-state index in [9.17, 15) is 4.79 Å². The number of benzene rings is 1. The van der Waals surface area contributed by atoms with Gasteiger partial charge in [0, 0.05) is 17.0 Å². The summed E-state index contributed by atoms with van der Waals surface area (Å²) in [5, 5.41) is 8.45. The molecule has 0 saturated carbocycles. The smallest absolute Gasteiger partial charge is 0.248 e. The number of nitrogens with two attached hydrogens (primary N) is 1. The van der Waals surface area contributed by atoms with Crippen molar-refractivity contribution in [2.45, 2.75) is 38.4 Å². The molecule has 138 valence electrons. The number of primary amides is 1. The predicted octanol–water partition coefficient (Wildman–Crippen LogP) is 2.95. The van der Waals surface area contributed by atoms with E-state index in [1.54, 1.807) is 16.4 Å². The zero-order valence-electron chi connectivity index (χ0n) is 15.2. The highest BCUT2D eigenvalue weighted by molar-refractivity contribution is 7.99. The van der Waals surface area contributed by atoms with Crippen LogP contribution in [-0.4, -0.2) is 33.0 Å². The third-order valence-corrected chi connectivity index (χ3v) is 5.09. The number of allylic oxidation sites excluding steroid dienone is 1. The van der Waals surface area contributed by atoms with E-state index in [1.807, 2.05) is 38.1 Å². The van der Waals surface area contributed by atoms with Crippen LogP contribution >= 0.6 is 11.8 Å². The number of anilines is 1. The Bertz CT molecular complexity index is 846. The molecule has 1 aliphatic heterocycles. The van der Waals surface area contributed by atoms with Crippen molar-refractivity contribution in [1.82, 2.24) is 14.8 Å². The van der Waals surface area contributed by atoms with Gasteiger partial charge in [0.2, 0.25) is 17.0 Å². The van der Waals surface area contributed by atoms with Crippen LogP contribution in [0.1, 0.15) is 38.8 Å². The first-order valence-electron chi connectivity index (χ1n) is 8.65. The Morgan fingerprint density at radius 1 is 1.38 bits per heavy atom. The van der Waals surface area contributed by atoms with Gasteiger partial charge in [-0.25, -0.2) is 4.68 Å². The number of aromatic nitrogens is 3. The van der Waals surface area contributed by atoms with Gasteiger partial charge in [-0.15, -0.1) is 5.10 Å².